The van der Waals surface area contributed by atoms with E-state index in [1.54, 1.807) is 25.1 Å². The van der Waals surface area contributed by atoms with Crippen molar-refractivity contribution in [3.63, 3.8) is 0 Å². The molecule has 0 aliphatic carbocycles. The maximum absolute atomic E-state index is 11.8. The van der Waals surface area contributed by atoms with Gasteiger partial charge in [0, 0.05) is 17.8 Å². The molecule has 3 N–H and O–H groups in total. The molecule has 0 fully saturated rings. The second-order valence-corrected chi connectivity index (χ2v) is 4.58. The van der Waals surface area contributed by atoms with Crippen LogP contribution in [0.2, 0.25) is 0 Å². The van der Waals surface area contributed by atoms with Gasteiger partial charge in [-0.3, -0.25) is 4.79 Å². The molecule has 0 spiro atoms. The van der Waals surface area contributed by atoms with Crippen LogP contribution in [0.25, 0.3) is 0 Å². The monoisotopic (exact) mass is 296 g/mol. The van der Waals surface area contributed by atoms with Gasteiger partial charge in [-0.2, -0.15) is 0 Å². The number of hydrogen-bond acceptors (Lipinski definition) is 4. The fourth-order valence-electron chi connectivity index (χ4n) is 1.63. The number of nitrogens with one attached hydrogen (secondary N) is 2. The van der Waals surface area contributed by atoms with E-state index in [9.17, 15) is 9.59 Å². The lowest BCUT2D eigenvalue weighted by atomic mass is 10.0. The first kappa shape index (κ1) is 16.6. The summed E-state index contributed by atoms with van der Waals surface area (Å²) >= 11 is 0. The normalized spacial score (nSPS) is 13.0. The van der Waals surface area contributed by atoms with Crippen LogP contribution in [0.3, 0.4) is 0 Å². The molecule has 0 saturated carbocycles. The number of rotatable bonds is 6. The first-order chi connectivity index (χ1) is 9.88. The van der Waals surface area contributed by atoms with Crippen LogP contribution in [-0.4, -0.2) is 37.4 Å². The summed E-state index contributed by atoms with van der Waals surface area (Å²) in [7, 11) is 3.02. The maximum Gasteiger partial charge on any atom is 0.319 e. The minimum Gasteiger partial charge on any atom is -0.493 e. The highest BCUT2D eigenvalue weighted by Gasteiger charge is 2.21. The van der Waals surface area contributed by atoms with Gasteiger partial charge in [-0.15, -0.1) is 0 Å². The van der Waals surface area contributed by atoms with Gasteiger partial charge >= 0.3 is 12.0 Å². The lowest BCUT2D eigenvalue weighted by Crippen LogP contribution is -2.42. The van der Waals surface area contributed by atoms with E-state index >= 15 is 0 Å². The molecule has 0 aromatic heterocycles. The van der Waals surface area contributed by atoms with Gasteiger partial charge in [0.05, 0.1) is 20.1 Å². The Labute approximate surface area is 123 Å². The number of carboxylic acids is 1. The van der Waals surface area contributed by atoms with Crippen LogP contribution in [0.1, 0.15) is 13.8 Å². The first-order valence-electron chi connectivity index (χ1n) is 6.41. The van der Waals surface area contributed by atoms with Crippen molar-refractivity contribution in [3.05, 3.63) is 18.2 Å². The molecular weight excluding hydrogens is 276 g/mol. The number of carbonyl (C=O) groups excluding carboxylic acids is 1. The molecule has 0 saturated heterocycles. The highest BCUT2D eigenvalue weighted by atomic mass is 16.5. The van der Waals surface area contributed by atoms with Crippen LogP contribution in [0.4, 0.5) is 10.5 Å². The molecule has 0 bridgehead atoms. The third kappa shape index (κ3) is 4.55. The Morgan fingerprint density at radius 1 is 1.14 bits per heavy atom. The smallest absolute Gasteiger partial charge is 0.319 e. The zero-order chi connectivity index (χ0) is 16.0. The number of carbonyl (C=O) groups is 2. The Bertz CT molecular complexity index is 518. The van der Waals surface area contributed by atoms with E-state index in [4.69, 9.17) is 14.6 Å². The number of aliphatic carboxylic acids is 1. The molecule has 1 rings (SSSR count). The van der Waals surface area contributed by atoms with E-state index in [0.29, 0.717) is 17.2 Å². The number of anilines is 1. The van der Waals surface area contributed by atoms with E-state index in [1.807, 2.05) is 0 Å². The molecule has 0 aliphatic rings. The summed E-state index contributed by atoms with van der Waals surface area (Å²) in [6, 6.07) is 3.96. The van der Waals surface area contributed by atoms with Crippen molar-refractivity contribution >= 4 is 17.7 Å². The van der Waals surface area contributed by atoms with Crippen molar-refractivity contribution in [1.82, 2.24) is 5.32 Å². The Morgan fingerprint density at radius 3 is 2.29 bits per heavy atom. The fourth-order valence-corrected chi connectivity index (χ4v) is 1.63. The molecule has 116 valence electrons. The summed E-state index contributed by atoms with van der Waals surface area (Å²) in [5.74, 6) is -0.603. The molecule has 0 aliphatic heterocycles. The van der Waals surface area contributed by atoms with Crippen molar-refractivity contribution in [2.45, 2.75) is 19.9 Å². The van der Waals surface area contributed by atoms with E-state index in [1.165, 1.54) is 21.1 Å². The van der Waals surface area contributed by atoms with Gasteiger partial charge in [-0.1, -0.05) is 0 Å². The van der Waals surface area contributed by atoms with Crippen LogP contribution < -0.4 is 20.1 Å². The molecule has 1 aromatic carbocycles. The zero-order valence-electron chi connectivity index (χ0n) is 12.5. The summed E-state index contributed by atoms with van der Waals surface area (Å²) in [4.78, 5) is 22.6. The van der Waals surface area contributed by atoms with Gasteiger partial charge in [-0.25, -0.2) is 4.79 Å². The zero-order valence-corrected chi connectivity index (χ0v) is 12.5. The molecule has 2 amide bonds. The van der Waals surface area contributed by atoms with Crippen molar-refractivity contribution < 1.29 is 24.2 Å². The summed E-state index contributed by atoms with van der Waals surface area (Å²) in [6.45, 7) is 3.16. The number of methoxy groups -OCH3 is 2. The van der Waals surface area contributed by atoms with Crippen LogP contribution in [0.15, 0.2) is 18.2 Å². The van der Waals surface area contributed by atoms with Gasteiger partial charge < -0.3 is 25.2 Å². The lowest BCUT2D eigenvalue weighted by molar-refractivity contribution is -0.141. The average molecular weight is 296 g/mol. The van der Waals surface area contributed by atoms with Gasteiger partial charge in [-0.05, 0) is 26.0 Å². The maximum atomic E-state index is 11.8. The third-order valence-electron chi connectivity index (χ3n) is 3.14. The van der Waals surface area contributed by atoms with E-state index < -0.39 is 24.0 Å². The lowest BCUT2D eigenvalue weighted by Gasteiger charge is -2.18. The van der Waals surface area contributed by atoms with Gasteiger partial charge in [0.15, 0.2) is 11.5 Å². The number of hydrogen-bond donors (Lipinski definition) is 3. The molecule has 7 nitrogen and oxygen atoms in total. The quantitative estimate of drug-likeness (QED) is 0.745. The molecule has 1 aromatic rings. The van der Waals surface area contributed by atoms with Gasteiger partial charge in [0.1, 0.15) is 0 Å². The van der Waals surface area contributed by atoms with Crippen LogP contribution in [0.5, 0.6) is 11.5 Å². The molecule has 2 unspecified atom stereocenters. The molecule has 21 heavy (non-hydrogen) atoms. The first-order valence-corrected chi connectivity index (χ1v) is 6.41. The topological polar surface area (TPSA) is 96.9 Å². The summed E-state index contributed by atoms with van der Waals surface area (Å²) in [6.07, 6.45) is 0. The van der Waals surface area contributed by atoms with Gasteiger partial charge in [0.2, 0.25) is 0 Å². The highest BCUT2D eigenvalue weighted by Crippen LogP contribution is 2.29. The Kier molecular flexibility index (Phi) is 5.83. The second-order valence-electron chi connectivity index (χ2n) is 4.58. The molecule has 0 heterocycles. The molecule has 0 radical (unpaired) electrons. The van der Waals surface area contributed by atoms with Crippen molar-refractivity contribution in [2.24, 2.45) is 5.92 Å². The average Bonchev–Trinajstić information content (AvgIpc) is 2.45. The Morgan fingerprint density at radius 2 is 1.76 bits per heavy atom. The predicted molar refractivity (Wildman–Crippen MR) is 78.0 cm³/mol. The minimum absolute atomic E-state index is 0.484. The largest absolute Gasteiger partial charge is 0.493 e. The number of carboxylic acid groups (broad SMARTS) is 1. The van der Waals surface area contributed by atoms with E-state index in [-0.39, 0.29) is 0 Å². The molecule has 7 heteroatoms. The molecular formula is C14H20N2O5. The number of amides is 2. The summed E-state index contributed by atoms with van der Waals surface area (Å²) in [5, 5.41) is 14.1. The van der Waals surface area contributed by atoms with Gasteiger partial charge in [0.25, 0.3) is 0 Å². The van der Waals surface area contributed by atoms with Crippen LogP contribution in [-0.2, 0) is 4.79 Å². The predicted octanol–water partition coefficient (Wildman–Crippen LogP) is 1.93. The Hall–Kier alpha value is -2.44. The highest BCUT2D eigenvalue weighted by molar-refractivity contribution is 5.90. The SMILES string of the molecule is COc1ccc(NC(=O)NC(C)C(C)C(=O)O)cc1OC. The van der Waals surface area contributed by atoms with Crippen molar-refractivity contribution in [2.75, 3.05) is 19.5 Å². The van der Waals surface area contributed by atoms with Crippen molar-refractivity contribution in [3.8, 4) is 11.5 Å². The van der Waals surface area contributed by atoms with Crippen molar-refractivity contribution in [1.29, 1.82) is 0 Å². The number of urea groups is 1. The number of benzene rings is 1. The van der Waals surface area contributed by atoms with E-state index in [0.717, 1.165) is 0 Å². The third-order valence-corrected chi connectivity index (χ3v) is 3.14. The fraction of sp³-hybridized carbons (Fsp3) is 0.429. The number of ether oxygens (including phenoxy) is 2. The molecule has 2 atom stereocenters. The van der Waals surface area contributed by atoms with Crippen LogP contribution in [0, 0.1) is 5.92 Å². The summed E-state index contributed by atoms with van der Waals surface area (Å²) in [5.41, 5.74) is 0.514. The minimum atomic E-state index is -0.964. The Balaban J connectivity index is 2.69. The van der Waals surface area contributed by atoms with E-state index in [2.05, 4.69) is 10.6 Å². The summed E-state index contributed by atoms with van der Waals surface area (Å²) < 4.78 is 10.2. The standard InChI is InChI=1S/C14H20N2O5/c1-8(13(17)18)9(2)15-14(19)16-10-5-6-11(20-3)12(7-10)21-4/h5-9H,1-4H3,(H,17,18)(H2,15,16,19). The van der Waals surface area contributed by atoms with Crippen LogP contribution >= 0.6 is 0 Å². The second kappa shape index (κ2) is 7.37.